The van der Waals surface area contributed by atoms with Gasteiger partial charge in [0.15, 0.2) is 0 Å². The standard InChI is InChI=1S/C20H23ClFN3O/c21-17-4-8-19(9-5-17)25-14-12-24(13-15-25)11-1-10-23-20(26)16-2-6-18(22)7-3-16/h2-9H,1,10-15H2,(H,23,26). The van der Waals surface area contributed by atoms with Crippen LogP contribution >= 0.6 is 11.6 Å². The minimum Gasteiger partial charge on any atom is -0.369 e. The fraction of sp³-hybridized carbons (Fsp3) is 0.350. The van der Waals surface area contributed by atoms with Gasteiger partial charge in [-0.1, -0.05) is 11.6 Å². The van der Waals surface area contributed by atoms with Gasteiger partial charge >= 0.3 is 0 Å². The van der Waals surface area contributed by atoms with Crippen molar-refractivity contribution in [3.8, 4) is 0 Å². The van der Waals surface area contributed by atoms with Gasteiger partial charge in [0, 0.05) is 49.0 Å². The molecule has 1 heterocycles. The minimum absolute atomic E-state index is 0.155. The molecule has 1 fully saturated rings. The number of nitrogens with zero attached hydrogens (tertiary/aromatic N) is 2. The summed E-state index contributed by atoms with van der Waals surface area (Å²) in [6.07, 6.45) is 0.897. The molecule has 1 saturated heterocycles. The van der Waals surface area contributed by atoms with Crippen LogP contribution in [0.4, 0.5) is 10.1 Å². The van der Waals surface area contributed by atoms with Gasteiger partial charge in [-0.2, -0.15) is 0 Å². The maximum atomic E-state index is 12.9. The second-order valence-electron chi connectivity index (χ2n) is 6.42. The van der Waals surface area contributed by atoms with Crippen molar-refractivity contribution in [2.24, 2.45) is 0 Å². The molecule has 0 unspecified atom stereocenters. The molecular formula is C20H23ClFN3O. The second-order valence-corrected chi connectivity index (χ2v) is 6.86. The normalized spacial score (nSPS) is 15.1. The van der Waals surface area contributed by atoms with Crippen LogP contribution in [0.1, 0.15) is 16.8 Å². The lowest BCUT2D eigenvalue weighted by molar-refractivity contribution is 0.0951. The quantitative estimate of drug-likeness (QED) is 0.786. The number of amides is 1. The maximum absolute atomic E-state index is 12.9. The predicted octanol–water partition coefficient (Wildman–Crippen LogP) is 3.42. The Morgan fingerprint density at radius 2 is 1.65 bits per heavy atom. The molecule has 2 aromatic carbocycles. The number of carbonyl (C=O) groups excluding carboxylic acids is 1. The minimum atomic E-state index is -0.334. The molecule has 6 heteroatoms. The van der Waals surface area contributed by atoms with Gasteiger partial charge in [0.05, 0.1) is 0 Å². The van der Waals surface area contributed by atoms with Gasteiger partial charge in [-0.05, 0) is 61.5 Å². The molecule has 1 amide bonds. The number of piperazine rings is 1. The molecule has 0 bridgehead atoms. The molecule has 0 spiro atoms. The summed E-state index contributed by atoms with van der Waals surface area (Å²) in [5, 5.41) is 3.65. The van der Waals surface area contributed by atoms with Crippen LogP contribution in [0.2, 0.25) is 5.02 Å². The van der Waals surface area contributed by atoms with Gasteiger partial charge < -0.3 is 10.2 Å². The molecular weight excluding hydrogens is 353 g/mol. The Hall–Kier alpha value is -2.11. The molecule has 1 aliphatic heterocycles. The van der Waals surface area contributed by atoms with Gasteiger partial charge in [0.2, 0.25) is 0 Å². The van der Waals surface area contributed by atoms with E-state index in [0.717, 1.165) is 44.2 Å². The zero-order chi connectivity index (χ0) is 18.4. The lowest BCUT2D eigenvalue weighted by atomic mass is 10.2. The Labute approximate surface area is 158 Å². The highest BCUT2D eigenvalue weighted by molar-refractivity contribution is 6.30. The summed E-state index contributed by atoms with van der Waals surface area (Å²) in [6.45, 7) is 5.57. The molecule has 0 radical (unpaired) electrons. The van der Waals surface area contributed by atoms with Crippen LogP contribution in [0.3, 0.4) is 0 Å². The summed E-state index contributed by atoms with van der Waals surface area (Å²) in [7, 11) is 0. The third kappa shape index (κ3) is 5.19. The molecule has 0 atom stereocenters. The van der Waals surface area contributed by atoms with Crippen molar-refractivity contribution < 1.29 is 9.18 Å². The molecule has 0 saturated carbocycles. The largest absolute Gasteiger partial charge is 0.369 e. The van der Waals surface area contributed by atoms with E-state index in [0.29, 0.717) is 12.1 Å². The van der Waals surface area contributed by atoms with Crippen molar-refractivity contribution in [2.75, 3.05) is 44.2 Å². The third-order valence-electron chi connectivity index (χ3n) is 4.61. The van der Waals surface area contributed by atoms with E-state index < -0.39 is 0 Å². The van der Waals surface area contributed by atoms with Gasteiger partial charge in [-0.15, -0.1) is 0 Å². The number of rotatable bonds is 6. The molecule has 26 heavy (non-hydrogen) atoms. The Morgan fingerprint density at radius 3 is 2.31 bits per heavy atom. The van der Waals surface area contributed by atoms with Gasteiger partial charge in [-0.3, -0.25) is 9.69 Å². The topological polar surface area (TPSA) is 35.6 Å². The van der Waals surface area contributed by atoms with Crippen LogP contribution in [0, 0.1) is 5.82 Å². The van der Waals surface area contributed by atoms with Crippen LogP contribution in [0.5, 0.6) is 0 Å². The summed E-state index contributed by atoms with van der Waals surface area (Å²) in [5.74, 6) is -0.489. The van der Waals surface area contributed by atoms with Crippen LogP contribution in [0.15, 0.2) is 48.5 Å². The SMILES string of the molecule is O=C(NCCCN1CCN(c2ccc(Cl)cc2)CC1)c1ccc(F)cc1. The highest BCUT2D eigenvalue weighted by Crippen LogP contribution is 2.19. The molecule has 2 aromatic rings. The maximum Gasteiger partial charge on any atom is 0.251 e. The second kappa shape index (κ2) is 9.01. The zero-order valence-electron chi connectivity index (χ0n) is 14.6. The monoisotopic (exact) mass is 375 g/mol. The van der Waals surface area contributed by atoms with Gasteiger partial charge in [0.1, 0.15) is 5.82 Å². The van der Waals surface area contributed by atoms with Crippen molar-refractivity contribution in [1.29, 1.82) is 0 Å². The number of anilines is 1. The predicted molar refractivity (Wildman–Crippen MR) is 103 cm³/mol. The molecule has 1 aliphatic rings. The molecule has 138 valence electrons. The number of benzene rings is 2. The summed E-state index contributed by atoms with van der Waals surface area (Å²) in [5.41, 5.74) is 1.70. The average molecular weight is 376 g/mol. The summed E-state index contributed by atoms with van der Waals surface area (Å²) in [6, 6.07) is 13.6. The lowest BCUT2D eigenvalue weighted by Crippen LogP contribution is -2.47. The van der Waals surface area contributed by atoms with E-state index in [1.165, 1.54) is 30.0 Å². The Kier molecular flexibility index (Phi) is 6.47. The highest BCUT2D eigenvalue weighted by Gasteiger charge is 2.16. The fourth-order valence-electron chi connectivity index (χ4n) is 3.09. The third-order valence-corrected chi connectivity index (χ3v) is 4.86. The van der Waals surface area contributed by atoms with Crippen molar-refractivity contribution >= 4 is 23.2 Å². The van der Waals surface area contributed by atoms with Crippen molar-refractivity contribution in [2.45, 2.75) is 6.42 Å². The number of carbonyl (C=O) groups is 1. The van der Waals surface area contributed by atoms with Crippen molar-refractivity contribution in [3.05, 3.63) is 64.9 Å². The number of hydrogen-bond donors (Lipinski definition) is 1. The Balaban J connectivity index is 1.34. The number of nitrogens with one attached hydrogen (secondary N) is 1. The Morgan fingerprint density at radius 1 is 1.00 bits per heavy atom. The molecule has 3 rings (SSSR count). The van der Waals surface area contributed by atoms with Crippen LogP contribution in [-0.4, -0.2) is 50.1 Å². The van der Waals surface area contributed by atoms with Crippen LogP contribution in [-0.2, 0) is 0 Å². The van der Waals surface area contributed by atoms with Crippen molar-refractivity contribution in [3.63, 3.8) is 0 Å². The van der Waals surface area contributed by atoms with Gasteiger partial charge in [-0.25, -0.2) is 4.39 Å². The van der Waals surface area contributed by atoms with Crippen LogP contribution in [0.25, 0.3) is 0 Å². The van der Waals surface area contributed by atoms with Gasteiger partial charge in [0.25, 0.3) is 5.91 Å². The average Bonchev–Trinajstić information content (AvgIpc) is 2.67. The summed E-state index contributed by atoms with van der Waals surface area (Å²) >= 11 is 5.94. The summed E-state index contributed by atoms with van der Waals surface area (Å²) < 4.78 is 12.9. The van der Waals surface area contributed by atoms with E-state index in [1.807, 2.05) is 12.1 Å². The first-order valence-corrected chi connectivity index (χ1v) is 9.26. The molecule has 4 nitrogen and oxygen atoms in total. The first-order valence-electron chi connectivity index (χ1n) is 8.88. The van der Waals surface area contributed by atoms with E-state index in [1.54, 1.807) is 0 Å². The lowest BCUT2D eigenvalue weighted by Gasteiger charge is -2.36. The zero-order valence-corrected chi connectivity index (χ0v) is 15.4. The molecule has 0 aliphatic carbocycles. The van der Waals surface area contributed by atoms with E-state index in [4.69, 9.17) is 11.6 Å². The summed E-state index contributed by atoms with van der Waals surface area (Å²) in [4.78, 5) is 16.7. The smallest absolute Gasteiger partial charge is 0.251 e. The van der Waals surface area contributed by atoms with E-state index in [2.05, 4.69) is 27.2 Å². The Bertz CT molecular complexity index is 713. The number of hydrogen-bond acceptors (Lipinski definition) is 3. The van der Waals surface area contributed by atoms with E-state index >= 15 is 0 Å². The first-order chi connectivity index (χ1) is 12.6. The fourth-order valence-corrected chi connectivity index (χ4v) is 3.22. The van der Waals surface area contributed by atoms with E-state index in [-0.39, 0.29) is 11.7 Å². The molecule has 0 aromatic heterocycles. The van der Waals surface area contributed by atoms with E-state index in [9.17, 15) is 9.18 Å². The highest BCUT2D eigenvalue weighted by atomic mass is 35.5. The molecule has 1 N–H and O–H groups in total. The van der Waals surface area contributed by atoms with Crippen LogP contribution < -0.4 is 10.2 Å². The first kappa shape index (κ1) is 18.7. The van der Waals surface area contributed by atoms with Crippen molar-refractivity contribution in [1.82, 2.24) is 10.2 Å². The number of halogens is 2.